The summed E-state index contributed by atoms with van der Waals surface area (Å²) in [6.07, 6.45) is 2.57. The van der Waals surface area contributed by atoms with Crippen LogP contribution < -0.4 is 0 Å². The Morgan fingerprint density at radius 2 is 1.95 bits per heavy atom. The summed E-state index contributed by atoms with van der Waals surface area (Å²) in [5.74, 6) is -0.398. The SMILES string of the molecule is COC(=O)[C@H]1CCCCN1C(=O)c1ccc(C)c(C)c1. The summed E-state index contributed by atoms with van der Waals surface area (Å²) in [5.41, 5.74) is 2.89. The number of esters is 1. The van der Waals surface area contributed by atoms with Gasteiger partial charge in [-0.3, -0.25) is 4.79 Å². The molecule has 1 aromatic carbocycles. The van der Waals surface area contributed by atoms with Gasteiger partial charge in [-0.25, -0.2) is 4.79 Å². The predicted molar refractivity (Wildman–Crippen MR) is 76.6 cm³/mol. The second-order valence-electron chi connectivity index (χ2n) is 5.33. The van der Waals surface area contributed by atoms with Gasteiger partial charge in [0.15, 0.2) is 0 Å². The second-order valence-corrected chi connectivity index (χ2v) is 5.33. The number of aryl methyl sites for hydroxylation is 2. The van der Waals surface area contributed by atoms with E-state index < -0.39 is 6.04 Å². The fourth-order valence-electron chi connectivity index (χ4n) is 2.60. The van der Waals surface area contributed by atoms with Crippen molar-refractivity contribution in [2.45, 2.75) is 39.2 Å². The van der Waals surface area contributed by atoms with Crippen molar-refractivity contribution in [1.82, 2.24) is 4.90 Å². The van der Waals surface area contributed by atoms with Crippen molar-refractivity contribution in [1.29, 1.82) is 0 Å². The lowest BCUT2D eigenvalue weighted by molar-refractivity contribution is -0.147. The van der Waals surface area contributed by atoms with Gasteiger partial charge in [0.05, 0.1) is 7.11 Å². The molecule has 0 saturated carbocycles. The molecule has 0 aromatic heterocycles. The van der Waals surface area contributed by atoms with Crippen LogP contribution in [-0.2, 0) is 9.53 Å². The molecule has 1 fully saturated rings. The smallest absolute Gasteiger partial charge is 0.328 e. The molecule has 1 heterocycles. The third-order valence-corrected chi connectivity index (χ3v) is 3.99. The van der Waals surface area contributed by atoms with Gasteiger partial charge in [0.25, 0.3) is 5.91 Å². The van der Waals surface area contributed by atoms with E-state index in [0.29, 0.717) is 18.5 Å². The van der Waals surface area contributed by atoms with Crippen LogP contribution in [0.4, 0.5) is 0 Å². The zero-order valence-electron chi connectivity index (χ0n) is 12.3. The van der Waals surface area contributed by atoms with E-state index >= 15 is 0 Å². The van der Waals surface area contributed by atoms with E-state index in [0.717, 1.165) is 24.0 Å². The van der Waals surface area contributed by atoms with Gasteiger partial charge >= 0.3 is 5.97 Å². The number of hydrogen-bond acceptors (Lipinski definition) is 3. The number of benzene rings is 1. The molecule has 20 heavy (non-hydrogen) atoms. The summed E-state index contributed by atoms with van der Waals surface area (Å²) in [4.78, 5) is 26.1. The molecule has 1 amide bonds. The Bertz CT molecular complexity index is 524. The zero-order chi connectivity index (χ0) is 14.7. The lowest BCUT2D eigenvalue weighted by atomic mass is 9.99. The summed E-state index contributed by atoms with van der Waals surface area (Å²) in [7, 11) is 1.37. The van der Waals surface area contributed by atoms with Crippen molar-refractivity contribution in [3.63, 3.8) is 0 Å². The molecule has 0 bridgehead atoms. The first kappa shape index (κ1) is 14.6. The average Bonchev–Trinajstić information content (AvgIpc) is 2.48. The van der Waals surface area contributed by atoms with Crippen LogP contribution in [-0.4, -0.2) is 36.5 Å². The first-order chi connectivity index (χ1) is 9.54. The minimum absolute atomic E-state index is 0.0804. The summed E-state index contributed by atoms with van der Waals surface area (Å²) in [5, 5.41) is 0. The van der Waals surface area contributed by atoms with Gasteiger partial charge in [-0.2, -0.15) is 0 Å². The Morgan fingerprint density at radius 3 is 2.60 bits per heavy atom. The Hall–Kier alpha value is -1.84. The Kier molecular flexibility index (Phi) is 4.42. The fraction of sp³-hybridized carbons (Fsp3) is 0.500. The molecule has 0 unspecified atom stereocenters. The van der Waals surface area contributed by atoms with Gasteiger partial charge < -0.3 is 9.64 Å². The van der Waals surface area contributed by atoms with Crippen molar-refractivity contribution < 1.29 is 14.3 Å². The zero-order valence-corrected chi connectivity index (χ0v) is 12.3. The van der Waals surface area contributed by atoms with E-state index in [2.05, 4.69) is 0 Å². The van der Waals surface area contributed by atoms with Crippen molar-refractivity contribution in [3.05, 3.63) is 34.9 Å². The van der Waals surface area contributed by atoms with Crippen LogP contribution in [0.25, 0.3) is 0 Å². The number of amides is 1. The molecule has 1 atom stereocenters. The Morgan fingerprint density at radius 1 is 1.20 bits per heavy atom. The van der Waals surface area contributed by atoms with Crippen LogP contribution in [0.3, 0.4) is 0 Å². The van der Waals surface area contributed by atoms with E-state index in [4.69, 9.17) is 4.74 Å². The number of carbonyl (C=O) groups is 2. The van der Waals surface area contributed by atoms with Crippen LogP contribution in [0, 0.1) is 13.8 Å². The summed E-state index contributed by atoms with van der Waals surface area (Å²) in [6.45, 7) is 4.62. The van der Waals surface area contributed by atoms with Crippen LogP contribution in [0.1, 0.15) is 40.7 Å². The molecule has 0 radical (unpaired) electrons. The molecule has 4 heteroatoms. The highest BCUT2D eigenvalue weighted by Gasteiger charge is 2.33. The summed E-state index contributed by atoms with van der Waals surface area (Å²) < 4.78 is 4.82. The number of hydrogen-bond donors (Lipinski definition) is 0. The molecule has 0 N–H and O–H groups in total. The van der Waals surface area contributed by atoms with Gasteiger partial charge in [0.1, 0.15) is 6.04 Å². The molecular weight excluding hydrogens is 254 g/mol. The molecule has 2 rings (SSSR count). The number of rotatable bonds is 2. The number of ether oxygens (including phenoxy) is 1. The molecule has 1 aromatic rings. The quantitative estimate of drug-likeness (QED) is 0.779. The molecule has 108 valence electrons. The lowest BCUT2D eigenvalue weighted by Gasteiger charge is -2.33. The lowest BCUT2D eigenvalue weighted by Crippen LogP contribution is -2.48. The molecule has 1 aliphatic rings. The van der Waals surface area contributed by atoms with Crippen molar-refractivity contribution in [2.75, 3.05) is 13.7 Å². The van der Waals surface area contributed by atoms with Crippen LogP contribution in [0.15, 0.2) is 18.2 Å². The van der Waals surface area contributed by atoms with Crippen molar-refractivity contribution >= 4 is 11.9 Å². The normalized spacial score (nSPS) is 18.8. The van der Waals surface area contributed by atoms with E-state index in [1.165, 1.54) is 7.11 Å². The van der Waals surface area contributed by atoms with Gasteiger partial charge in [-0.1, -0.05) is 6.07 Å². The highest BCUT2D eigenvalue weighted by molar-refractivity contribution is 5.97. The maximum atomic E-state index is 12.6. The van der Waals surface area contributed by atoms with Crippen LogP contribution >= 0.6 is 0 Å². The number of likely N-dealkylation sites (tertiary alicyclic amines) is 1. The molecular formula is C16H21NO3. The molecule has 1 saturated heterocycles. The molecule has 0 spiro atoms. The van der Waals surface area contributed by atoms with Crippen LogP contribution in [0.2, 0.25) is 0 Å². The summed E-state index contributed by atoms with van der Waals surface area (Å²) >= 11 is 0. The van der Waals surface area contributed by atoms with E-state index in [-0.39, 0.29) is 11.9 Å². The third kappa shape index (κ3) is 2.84. The monoisotopic (exact) mass is 275 g/mol. The number of piperidine rings is 1. The third-order valence-electron chi connectivity index (χ3n) is 3.99. The highest BCUT2D eigenvalue weighted by atomic mass is 16.5. The van der Waals surface area contributed by atoms with Gasteiger partial charge in [0, 0.05) is 12.1 Å². The fourth-order valence-corrected chi connectivity index (χ4v) is 2.60. The topological polar surface area (TPSA) is 46.6 Å². The van der Waals surface area contributed by atoms with E-state index in [9.17, 15) is 9.59 Å². The number of carbonyl (C=O) groups excluding carboxylic acids is 2. The van der Waals surface area contributed by atoms with E-state index in [1.54, 1.807) is 4.90 Å². The minimum Gasteiger partial charge on any atom is -0.467 e. The number of methoxy groups -OCH3 is 1. The number of nitrogens with zero attached hydrogens (tertiary/aromatic N) is 1. The van der Waals surface area contributed by atoms with Crippen LogP contribution in [0.5, 0.6) is 0 Å². The summed E-state index contributed by atoms with van der Waals surface area (Å²) in [6, 6.07) is 5.22. The molecule has 0 aliphatic carbocycles. The maximum absolute atomic E-state index is 12.6. The van der Waals surface area contributed by atoms with Gasteiger partial charge in [0.2, 0.25) is 0 Å². The van der Waals surface area contributed by atoms with E-state index in [1.807, 2.05) is 32.0 Å². The average molecular weight is 275 g/mol. The first-order valence-electron chi connectivity index (χ1n) is 7.00. The van der Waals surface area contributed by atoms with Crippen molar-refractivity contribution in [3.8, 4) is 0 Å². The largest absolute Gasteiger partial charge is 0.467 e. The Labute approximate surface area is 119 Å². The molecule has 1 aliphatic heterocycles. The minimum atomic E-state index is -0.442. The standard InChI is InChI=1S/C16H21NO3/c1-11-7-8-13(10-12(11)2)15(18)17-9-5-4-6-14(17)16(19)20-3/h7-8,10,14H,4-6,9H2,1-3H3/t14-/m1/s1. The first-order valence-corrected chi connectivity index (χ1v) is 7.00. The van der Waals surface area contributed by atoms with Gasteiger partial charge in [-0.05, 0) is 56.4 Å². The Balaban J connectivity index is 2.25. The second kappa shape index (κ2) is 6.07. The predicted octanol–water partition coefficient (Wildman–Crippen LogP) is 2.47. The van der Waals surface area contributed by atoms with Crippen molar-refractivity contribution in [2.24, 2.45) is 0 Å². The van der Waals surface area contributed by atoms with Gasteiger partial charge in [-0.15, -0.1) is 0 Å². The highest BCUT2D eigenvalue weighted by Crippen LogP contribution is 2.21. The maximum Gasteiger partial charge on any atom is 0.328 e. The molecule has 4 nitrogen and oxygen atoms in total.